The molecule has 0 aliphatic carbocycles. The molecular formula is C23H30FN3O5. The first-order valence-electron chi connectivity index (χ1n) is 10.1. The van der Waals surface area contributed by atoms with Crippen LogP contribution >= 0.6 is 0 Å². The number of pyridine rings is 1. The van der Waals surface area contributed by atoms with Crippen LogP contribution in [0.2, 0.25) is 0 Å². The molecule has 1 atom stereocenters. The van der Waals surface area contributed by atoms with Crippen molar-refractivity contribution in [3.8, 4) is 0 Å². The number of carbonyl (C=O) groups is 2. The predicted molar refractivity (Wildman–Crippen MR) is 118 cm³/mol. The molecule has 0 unspecified atom stereocenters. The number of amides is 2. The van der Waals surface area contributed by atoms with Crippen LogP contribution in [0.15, 0.2) is 42.6 Å². The van der Waals surface area contributed by atoms with Crippen molar-refractivity contribution in [3.05, 3.63) is 59.7 Å². The van der Waals surface area contributed by atoms with Gasteiger partial charge in [0.15, 0.2) is 5.82 Å². The third-order valence-electron chi connectivity index (χ3n) is 4.50. The Balaban J connectivity index is 2.19. The summed E-state index contributed by atoms with van der Waals surface area (Å²) in [6.45, 7) is 8.72. The van der Waals surface area contributed by atoms with E-state index in [0.29, 0.717) is 0 Å². The molecule has 0 spiro atoms. The molecule has 2 rings (SSSR count). The number of rotatable bonds is 7. The van der Waals surface area contributed by atoms with Crippen LogP contribution in [0.1, 0.15) is 51.9 Å². The number of hydrogen-bond acceptors (Lipinski definition) is 6. The Kier molecular flexibility index (Phi) is 8.15. The zero-order valence-corrected chi connectivity index (χ0v) is 19.2. The fraction of sp³-hybridized carbons (Fsp3) is 0.435. The van der Waals surface area contributed by atoms with E-state index in [9.17, 15) is 14.0 Å². The van der Waals surface area contributed by atoms with E-state index in [1.807, 2.05) is 18.2 Å². The number of nitrogens with zero attached hydrogens (tertiary/aromatic N) is 1. The molecule has 1 aromatic carbocycles. The minimum absolute atomic E-state index is 0.0335. The zero-order chi connectivity index (χ0) is 23.9. The molecule has 1 aromatic heterocycles. The van der Waals surface area contributed by atoms with Gasteiger partial charge in [0.05, 0.1) is 23.2 Å². The summed E-state index contributed by atoms with van der Waals surface area (Å²) in [5, 5.41) is 5.09. The first kappa shape index (κ1) is 25.1. The average Bonchev–Trinajstić information content (AvgIpc) is 2.71. The van der Waals surface area contributed by atoms with Gasteiger partial charge in [-0.25, -0.2) is 14.0 Å². The van der Waals surface area contributed by atoms with E-state index in [4.69, 9.17) is 14.2 Å². The fourth-order valence-corrected chi connectivity index (χ4v) is 2.72. The highest BCUT2D eigenvalue weighted by atomic mass is 19.1. The number of halogens is 1. The van der Waals surface area contributed by atoms with Gasteiger partial charge in [-0.1, -0.05) is 30.3 Å². The highest BCUT2D eigenvalue weighted by molar-refractivity contribution is 5.84. The Labute approximate surface area is 187 Å². The topological polar surface area (TPSA) is 98.8 Å². The monoisotopic (exact) mass is 447 g/mol. The van der Waals surface area contributed by atoms with Crippen molar-refractivity contribution in [2.24, 2.45) is 0 Å². The Morgan fingerprint density at radius 1 is 1.09 bits per heavy atom. The van der Waals surface area contributed by atoms with E-state index < -0.39 is 35.2 Å². The van der Waals surface area contributed by atoms with Crippen LogP contribution < -0.4 is 10.6 Å². The number of hydrogen-bond donors (Lipinski definition) is 2. The molecular weight excluding hydrogens is 417 g/mol. The lowest BCUT2D eigenvalue weighted by Crippen LogP contribution is -2.45. The van der Waals surface area contributed by atoms with E-state index in [0.717, 1.165) is 11.8 Å². The molecule has 0 aliphatic heterocycles. The maximum absolute atomic E-state index is 14.3. The number of aromatic nitrogens is 1. The standard InChI is InChI=1S/C23H30FN3O5/c1-22(2,3)32-21(29)27-19(23(4,5)30-6)18-12-17(16(24)13-25-18)26-20(28)31-14-15-10-8-7-9-11-15/h7-13,19H,14H2,1-6H3,(H,27,29)(H,25,26,28)/t19-/m1/s1. The van der Waals surface area contributed by atoms with Gasteiger partial charge in [-0.05, 0) is 46.2 Å². The number of carbonyl (C=O) groups excluding carboxylic acids is 2. The Morgan fingerprint density at radius 2 is 1.75 bits per heavy atom. The molecule has 174 valence electrons. The average molecular weight is 448 g/mol. The lowest BCUT2D eigenvalue weighted by Gasteiger charge is -2.34. The molecule has 9 heteroatoms. The SMILES string of the molecule is COC(C)(C)[C@H](NC(=O)OC(C)(C)C)c1cc(NC(=O)OCc2ccccc2)c(F)cn1. The number of benzene rings is 1. The molecule has 0 saturated heterocycles. The Hall–Kier alpha value is -3.20. The van der Waals surface area contributed by atoms with Gasteiger partial charge < -0.3 is 19.5 Å². The quantitative estimate of drug-likeness (QED) is 0.622. The summed E-state index contributed by atoms with van der Waals surface area (Å²) in [6.07, 6.45) is -0.555. The maximum Gasteiger partial charge on any atom is 0.412 e. The molecule has 0 saturated carbocycles. The third kappa shape index (κ3) is 7.49. The maximum atomic E-state index is 14.3. The summed E-state index contributed by atoms with van der Waals surface area (Å²) >= 11 is 0. The van der Waals surface area contributed by atoms with E-state index in [1.165, 1.54) is 13.2 Å². The van der Waals surface area contributed by atoms with Crippen molar-refractivity contribution >= 4 is 17.9 Å². The van der Waals surface area contributed by atoms with Gasteiger partial charge in [0.2, 0.25) is 0 Å². The highest BCUT2D eigenvalue weighted by Gasteiger charge is 2.35. The van der Waals surface area contributed by atoms with Gasteiger partial charge in [0.1, 0.15) is 18.2 Å². The van der Waals surface area contributed by atoms with E-state index in [-0.39, 0.29) is 18.0 Å². The first-order chi connectivity index (χ1) is 14.9. The van der Waals surface area contributed by atoms with E-state index in [2.05, 4.69) is 15.6 Å². The van der Waals surface area contributed by atoms with Crippen molar-refractivity contribution in [1.29, 1.82) is 0 Å². The lowest BCUT2D eigenvalue weighted by molar-refractivity contribution is -0.0182. The van der Waals surface area contributed by atoms with Crippen LogP contribution in [0.25, 0.3) is 0 Å². The molecule has 1 heterocycles. The molecule has 0 fully saturated rings. The highest BCUT2D eigenvalue weighted by Crippen LogP contribution is 2.30. The van der Waals surface area contributed by atoms with Gasteiger partial charge >= 0.3 is 12.2 Å². The number of methoxy groups -OCH3 is 1. The second-order valence-electron chi connectivity index (χ2n) is 8.66. The van der Waals surface area contributed by atoms with Crippen LogP contribution in [0, 0.1) is 5.82 Å². The minimum Gasteiger partial charge on any atom is -0.444 e. The smallest absolute Gasteiger partial charge is 0.412 e. The second kappa shape index (κ2) is 10.4. The summed E-state index contributed by atoms with van der Waals surface area (Å²) in [5.74, 6) is -0.753. The van der Waals surface area contributed by atoms with Crippen molar-refractivity contribution in [2.75, 3.05) is 12.4 Å². The summed E-state index contributed by atoms with van der Waals surface area (Å²) in [4.78, 5) is 28.6. The van der Waals surface area contributed by atoms with Gasteiger partial charge in [0.25, 0.3) is 0 Å². The minimum atomic E-state index is -0.924. The van der Waals surface area contributed by atoms with Crippen molar-refractivity contribution in [1.82, 2.24) is 10.3 Å². The summed E-state index contributed by atoms with van der Waals surface area (Å²) in [6, 6.07) is 9.62. The third-order valence-corrected chi connectivity index (χ3v) is 4.50. The van der Waals surface area contributed by atoms with Crippen LogP contribution in [-0.4, -0.2) is 35.5 Å². The Morgan fingerprint density at radius 3 is 2.34 bits per heavy atom. The number of nitrogens with one attached hydrogen (secondary N) is 2. The predicted octanol–water partition coefficient (Wildman–Crippen LogP) is 4.96. The van der Waals surface area contributed by atoms with E-state index in [1.54, 1.807) is 46.8 Å². The zero-order valence-electron chi connectivity index (χ0n) is 19.2. The van der Waals surface area contributed by atoms with Gasteiger partial charge in [-0.15, -0.1) is 0 Å². The lowest BCUT2D eigenvalue weighted by atomic mass is 9.95. The molecule has 2 amide bonds. The largest absolute Gasteiger partial charge is 0.444 e. The summed E-state index contributed by atoms with van der Waals surface area (Å²) in [5.41, 5.74) is -0.718. The molecule has 0 bridgehead atoms. The van der Waals surface area contributed by atoms with Crippen LogP contribution in [0.4, 0.5) is 19.7 Å². The fourth-order valence-electron chi connectivity index (χ4n) is 2.72. The number of ether oxygens (including phenoxy) is 3. The van der Waals surface area contributed by atoms with Crippen molar-refractivity contribution in [3.63, 3.8) is 0 Å². The number of alkyl carbamates (subject to hydrolysis) is 1. The van der Waals surface area contributed by atoms with Crippen LogP contribution in [0.5, 0.6) is 0 Å². The van der Waals surface area contributed by atoms with Gasteiger partial charge in [-0.2, -0.15) is 0 Å². The molecule has 2 aromatic rings. The molecule has 2 N–H and O–H groups in total. The first-order valence-corrected chi connectivity index (χ1v) is 10.1. The van der Waals surface area contributed by atoms with Crippen LogP contribution in [-0.2, 0) is 20.8 Å². The molecule has 32 heavy (non-hydrogen) atoms. The number of anilines is 1. The van der Waals surface area contributed by atoms with Crippen molar-refractivity contribution in [2.45, 2.75) is 58.5 Å². The van der Waals surface area contributed by atoms with E-state index >= 15 is 0 Å². The van der Waals surface area contributed by atoms with Crippen LogP contribution in [0.3, 0.4) is 0 Å². The molecule has 0 aliphatic rings. The summed E-state index contributed by atoms with van der Waals surface area (Å²) in [7, 11) is 1.48. The molecule has 0 radical (unpaired) electrons. The molecule has 8 nitrogen and oxygen atoms in total. The normalized spacial score (nSPS) is 12.6. The Bertz CT molecular complexity index is 929. The summed E-state index contributed by atoms with van der Waals surface area (Å²) < 4.78 is 30.3. The van der Waals surface area contributed by atoms with Crippen molar-refractivity contribution < 1.29 is 28.2 Å². The van der Waals surface area contributed by atoms with Gasteiger partial charge in [0, 0.05) is 7.11 Å². The van der Waals surface area contributed by atoms with Gasteiger partial charge in [-0.3, -0.25) is 10.3 Å². The second-order valence-corrected chi connectivity index (χ2v) is 8.66.